The molecule has 0 aliphatic carbocycles. The fourth-order valence-electron chi connectivity index (χ4n) is 1.80. The smallest absolute Gasteiger partial charge is 0.119 e. The molecule has 1 heterocycles. The second kappa shape index (κ2) is 7.24. The monoisotopic (exact) mass is 304 g/mol. The molecule has 0 aliphatic rings. The van der Waals surface area contributed by atoms with Crippen LogP contribution in [0.25, 0.3) is 10.4 Å². The van der Waals surface area contributed by atoms with E-state index < -0.39 is 0 Å². The maximum absolute atomic E-state index is 8.80. The number of ether oxygens (including phenoxy) is 1. The number of hydrogen-bond donors (Lipinski definition) is 1. The number of hydrogen-bond acceptors (Lipinski definition) is 5. The van der Waals surface area contributed by atoms with Crippen LogP contribution in [0.4, 0.5) is 0 Å². The van der Waals surface area contributed by atoms with Crippen molar-refractivity contribution >= 4 is 17.0 Å². The number of likely N-dealkylation sites (N-methyl/N-ethyl adjacent to an activating group) is 1. The zero-order valence-corrected chi connectivity index (χ0v) is 13.4. The van der Waals surface area contributed by atoms with Gasteiger partial charge in [-0.15, -0.1) is 11.3 Å². The van der Waals surface area contributed by atoms with Gasteiger partial charge in [-0.3, -0.25) is 0 Å². The van der Waals surface area contributed by atoms with Crippen molar-refractivity contribution < 1.29 is 9.94 Å². The first-order valence-corrected chi connectivity index (χ1v) is 7.58. The lowest BCUT2D eigenvalue weighted by Crippen LogP contribution is -2.19. The lowest BCUT2D eigenvalue weighted by Gasteiger charge is -2.11. The summed E-state index contributed by atoms with van der Waals surface area (Å²) in [5.41, 5.74) is 1.77. The number of thiophene rings is 1. The zero-order chi connectivity index (χ0) is 15.2. The van der Waals surface area contributed by atoms with Crippen LogP contribution >= 0.6 is 11.3 Å². The summed E-state index contributed by atoms with van der Waals surface area (Å²) in [5.74, 6) is 0.880. The van der Waals surface area contributed by atoms with Crippen molar-refractivity contribution in [1.29, 1.82) is 0 Å². The molecule has 0 spiro atoms. The number of benzene rings is 1. The van der Waals surface area contributed by atoms with Gasteiger partial charge < -0.3 is 14.8 Å². The molecular formula is C16H20N2O2S. The highest BCUT2D eigenvalue weighted by Gasteiger charge is 2.06. The van der Waals surface area contributed by atoms with E-state index in [-0.39, 0.29) is 0 Å². The van der Waals surface area contributed by atoms with Crippen LogP contribution in [0.5, 0.6) is 5.75 Å². The number of oxime groups is 1. The predicted octanol–water partition coefficient (Wildman–Crippen LogP) is 3.55. The van der Waals surface area contributed by atoms with Crippen LogP contribution in [0.1, 0.15) is 11.8 Å². The van der Waals surface area contributed by atoms with Gasteiger partial charge >= 0.3 is 0 Å². The average Bonchev–Trinajstić information content (AvgIpc) is 2.96. The number of rotatable bonds is 6. The van der Waals surface area contributed by atoms with Crippen molar-refractivity contribution in [2.24, 2.45) is 5.16 Å². The van der Waals surface area contributed by atoms with Crippen molar-refractivity contribution in [3.8, 4) is 16.2 Å². The van der Waals surface area contributed by atoms with Crippen molar-refractivity contribution in [1.82, 2.24) is 4.90 Å². The first-order valence-electron chi connectivity index (χ1n) is 6.77. The van der Waals surface area contributed by atoms with Gasteiger partial charge in [-0.1, -0.05) is 5.16 Å². The molecule has 0 unspecified atom stereocenters. The minimum absolute atomic E-state index is 0.634. The van der Waals surface area contributed by atoms with Gasteiger partial charge in [0, 0.05) is 11.4 Å². The summed E-state index contributed by atoms with van der Waals surface area (Å²) in [6, 6.07) is 12.1. The van der Waals surface area contributed by atoms with Crippen molar-refractivity contribution in [2.75, 3.05) is 27.2 Å². The zero-order valence-electron chi connectivity index (χ0n) is 12.5. The normalized spacial score (nSPS) is 11.9. The van der Waals surface area contributed by atoms with Crippen LogP contribution in [-0.2, 0) is 0 Å². The molecule has 21 heavy (non-hydrogen) atoms. The summed E-state index contributed by atoms with van der Waals surface area (Å²) in [6.45, 7) is 3.37. The highest BCUT2D eigenvalue weighted by atomic mass is 32.1. The summed E-state index contributed by atoms with van der Waals surface area (Å²) >= 11 is 1.61. The van der Waals surface area contributed by atoms with Crippen LogP contribution in [0.2, 0.25) is 0 Å². The van der Waals surface area contributed by atoms with E-state index in [9.17, 15) is 0 Å². The Balaban J connectivity index is 2.03. The van der Waals surface area contributed by atoms with E-state index in [1.165, 1.54) is 0 Å². The second-order valence-electron chi connectivity index (χ2n) is 5.03. The molecule has 0 fully saturated rings. The Bertz CT molecular complexity index is 603. The molecule has 1 N–H and O–H groups in total. The van der Waals surface area contributed by atoms with Gasteiger partial charge in [0.1, 0.15) is 12.4 Å². The summed E-state index contributed by atoms with van der Waals surface area (Å²) in [7, 11) is 4.05. The van der Waals surface area contributed by atoms with Gasteiger partial charge in [-0.05, 0) is 63.0 Å². The Hall–Kier alpha value is -1.85. The van der Waals surface area contributed by atoms with Crippen LogP contribution in [0.3, 0.4) is 0 Å². The Kier molecular flexibility index (Phi) is 5.36. The van der Waals surface area contributed by atoms with E-state index in [2.05, 4.69) is 10.1 Å². The summed E-state index contributed by atoms with van der Waals surface area (Å²) in [5, 5.41) is 12.0. The molecule has 0 atom stereocenters. The molecule has 4 nitrogen and oxygen atoms in total. The first kappa shape index (κ1) is 15.5. The van der Waals surface area contributed by atoms with E-state index in [4.69, 9.17) is 9.94 Å². The summed E-state index contributed by atoms with van der Waals surface area (Å²) in [4.78, 5) is 4.21. The molecule has 2 aromatic rings. The standard InChI is InChI=1S/C16H20N2O2S/c1-12(17-19)15-8-9-16(21-15)13-4-6-14(7-5-13)20-11-10-18(2)3/h4-9,19H,10-11H2,1-3H3/b17-12+. The van der Waals surface area contributed by atoms with Gasteiger partial charge in [0.15, 0.2) is 0 Å². The van der Waals surface area contributed by atoms with Gasteiger partial charge in [0.2, 0.25) is 0 Å². The molecule has 1 aromatic heterocycles. The van der Waals surface area contributed by atoms with Crippen LogP contribution in [0.15, 0.2) is 41.6 Å². The molecule has 0 saturated carbocycles. The molecule has 2 rings (SSSR count). The minimum atomic E-state index is 0.634. The molecule has 1 aromatic carbocycles. The van der Waals surface area contributed by atoms with E-state index in [0.29, 0.717) is 12.3 Å². The Morgan fingerprint density at radius 2 is 1.90 bits per heavy atom. The quantitative estimate of drug-likeness (QED) is 0.504. The van der Waals surface area contributed by atoms with E-state index in [1.54, 1.807) is 18.3 Å². The third-order valence-electron chi connectivity index (χ3n) is 3.06. The largest absolute Gasteiger partial charge is 0.492 e. The van der Waals surface area contributed by atoms with Crippen LogP contribution in [0, 0.1) is 0 Å². The summed E-state index contributed by atoms with van der Waals surface area (Å²) < 4.78 is 5.68. The van der Waals surface area contributed by atoms with Crippen LogP contribution < -0.4 is 4.74 Å². The minimum Gasteiger partial charge on any atom is -0.492 e. The third kappa shape index (κ3) is 4.31. The van der Waals surface area contributed by atoms with Gasteiger partial charge in [0.05, 0.1) is 10.6 Å². The molecule has 0 saturated heterocycles. The second-order valence-corrected chi connectivity index (χ2v) is 6.11. The van der Waals surface area contributed by atoms with Crippen molar-refractivity contribution in [3.05, 3.63) is 41.3 Å². The van der Waals surface area contributed by atoms with E-state index in [1.807, 2.05) is 50.5 Å². The number of nitrogens with zero attached hydrogens (tertiary/aromatic N) is 2. The van der Waals surface area contributed by atoms with E-state index in [0.717, 1.165) is 27.6 Å². The van der Waals surface area contributed by atoms with Crippen molar-refractivity contribution in [3.63, 3.8) is 0 Å². The van der Waals surface area contributed by atoms with E-state index >= 15 is 0 Å². The molecule has 5 heteroatoms. The van der Waals surface area contributed by atoms with Crippen molar-refractivity contribution in [2.45, 2.75) is 6.92 Å². The Labute approximate surface area is 129 Å². The molecule has 0 bridgehead atoms. The predicted molar refractivity (Wildman–Crippen MR) is 87.8 cm³/mol. The fourth-order valence-corrected chi connectivity index (χ4v) is 2.75. The molecule has 0 aliphatic heterocycles. The maximum atomic E-state index is 8.80. The molecular weight excluding hydrogens is 284 g/mol. The average molecular weight is 304 g/mol. The molecule has 0 radical (unpaired) electrons. The SMILES string of the molecule is C/C(=N\O)c1ccc(-c2ccc(OCCN(C)C)cc2)s1. The lowest BCUT2D eigenvalue weighted by molar-refractivity contribution is 0.261. The third-order valence-corrected chi connectivity index (χ3v) is 4.30. The maximum Gasteiger partial charge on any atom is 0.119 e. The summed E-state index contributed by atoms with van der Waals surface area (Å²) in [6.07, 6.45) is 0. The van der Waals surface area contributed by atoms with Gasteiger partial charge in [-0.2, -0.15) is 0 Å². The van der Waals surface area contributed by atoms with Crippen LogP contribution in [-0.4, -0.2) is 43.1 Å². The topological polar surface area (TPSA) is 45.1 Å². The highest BCUT2D eigenvalue weighted by molar-refractivity contribution is 7.17. The Morgan fingerprint density at radius 1 is 1.19 bits per heavy atom. The molecule has 0 amide bonds. The first-order chi connectivity index (χ1) is 10.1. The molecule has 112 valence electrons. The lowest BCUT2D eigenvalue weighted by atomic mass is 10.2. The highest BCUT2D eigenvalue weighted by Crippen LogP contribution is 2.29. The Morgan fingerprint density at radius 3 is 2.52 bits per heavy atom. The fraction of sp³-hybridized carbons (Fsp3) is 0.312. The van der Waals surface area contributed by atoms with Gasteiger partial charge in [0.25, 0.3) is 0 Å². The van der Waals surface area contributed by atoms with Gasteiger partial charge in [-0.25, -0.2) is 0 Å².